The van der Waals surface area contributed by atoms with Crippen molar-refractivity contribution in [3.8, 4) is 0 Å². The van der Waals surface area contributed by atoms with Crippen LogP contribution < -0.4 is 5.73 Å². The van der Waals surface area contributed by atoms with Gasteiger partial charge in [0.2, 0.25) is 0 Å². The van der Waals surface area contributed by atoms with Crippen molar-refractivity contribution in [1.29, 1.82) is 0 Å². The molecule has 1 saturated carbocycles. The summed E-state index contributed by atoms with van der Waals surface area (Å²) in [6, 6.07) is 0. The number of nitrogens with two attached hydrogens (primary N) is 1. The molecule has 0 aromatic carbocycles. The van der Waals surface area contributed by atoms with Crippen molar-refractivity contribution in [1.82, 2.24) is 9.78 Å². The van der Waals surface area contributed by atoms with Crippen LogP contribution in [0, 0.1) is 12.8 Å². The Morgan fingerprint density at radius 3 is 2.88 bits per heavy atom. The highest BCUT2D eigenvalue weighted by atomic mass is 16.5. The SMILES string of the molecule is CCOC(=O)C(N)(Cn1cc(C)cn1)C1CC1. The number of carbonyl (C=O) groups excluding carboxylic acids is 1. The molecule has 2 N–H and O–H groups in total. The third-order valence-electron chi connectivity index (χ3n) is 3.15. The number of nitrogens with zero attached hydrogens (tertiary/aromatic N) is 2. The summed E-state index contributed by atoms with van der Waals surface area (Å²) >= 11 is 0. The molecule has 0 amide bonds. The molecule has 0 aliphatic heterocycles. The van der Waals surface area contributed by atoms with E-state index in [-0.39, 0.29) is 11.9 Å². The highest BCUT2D eigenvalue weighted by Gasteiger charge is 2.49. The quantitative estimate of drug-likeness (QED) is 0.771. The van der Waals surface area contributed by atoms with E-state index >= 15 is 0 Å². The van der Waals surface area contributed by atoms with E-state index in [1.54, 1.807) is 17.8 Å². The average molecular weight is 237 g/mol. The number of ether oxygens (including phenoxy) is 1. The normalized spacial score (nSPS) is 18.8. The van der Waals surface area contributed by atoms with Gasteiger partial charge in [-0.2, -0.15) is 5.10 Å². The highest BCUT2D eigenvalue weighted by molar-refractivity contribution is 5.81. The summed E-state index contributed by atoms with van der Waals surface area (Å²) in [6.07, 6.45) is 5.65. The summed E-state index contributed by atoms with van der Waals surface area (Å²) in [5.41, 5.74) is 6.38. The van der Waals surface area contributed by atoms with Gasteiger partial charge < -0.3 is 10.5 Å². The zero-order valence-electron chi connectivity index (χ0n) is 10.3. The molecule has 1 aromatic heterocycles. The maximum absolute atomic E-state index is 12.0. The lowest BCUT2D eigenvalue weighted by molar-refractivity contribution is -0.151. The van der Waals surface area contributed by atoms with E-state index in [9.17, 15) is 4.79 Å². The molecule has 2 rings (SSSR count). The zero-order valence-corrected chi connectivity index (χ0v) is 10.3. The first-order chi connectivity index (χ1) is 8.06. The first-order valence-electron chi connectivity index (χ1n) is 6.01. The molecule has 5 heteroatoms. The van der Waals surface area contributed by atoms with Gasteiger partial charge in [0, 0.05) is 6.20 Å². The minimum atomic E-state index is -0.922. The predicted octanol–water partition coefficient (Wildman–Crippen LogP) is 0.862. The minimum absolute atomic E-state index is 0.228. The summed E-state index contributed by atoms with van der Waals surface area (Å²) in [6.45, 7) is 4.51. The molecular formula is C12H19N3O2. The number of aryl methyl sites for hydroxylation is 1. The van der Waals surface area contributed by atoms with Gasteiger partial charge in [0.25, 0.3) is 0 Å². The molecular weight excluding hydrogens is 218 g/mol. The zero-order chi connectivity index (χ0) is 12.5. The van der Waals surface area contributed by atoms with Gasteiger partial charge in [-0.1, -0.05) is 0 Å². The van der Waals surface area contributed by atoms with Gasteiger partial charge in [0.1, 0.15) is 5.54 Å². The van der Waals surface area contributed by atoms with Crippen molar-refractivity contribution in [2.75, 3.05) is 6.61 Å². The monoisotopic (exact) mass is 237 g/mol. The van der Waals surface area contributed by atoms with Gasteiger partial charge in [-0.25, -0.2) is 4.79 Å². The molecule has 1 unspecified atom stereocenters. The summed E-state index contributed by atoms with van der Waals surface area (Å²) in [5.74, 6) is -0.0818. The Morgan fingerprint density at radius 1 is 1.71 bits per heavy atom. The number of rotatable bonds is 5. The number of esters is 1. The Bertz CT molecular complexity index is 412. The van der Waals surface area contributed by atoms with Crippen LogP contribution in [0.15, 0.2) is 12.4 Å². The number of hydrogen-bond donors (Lipinski definition) is 1. The van der Waals surface area contributed by atoms with Crippen LogP contribution >= 0.6 is 0 Å². The number of aromatic nitrogens is 2. The van der Waals surface area contributed by atoms with Gasteiger partial charge in [-0.3, -0.25) is 4.68 Å². The van der Waals surface area contributed by atoms with E-state index in [4.69, 9.17) is 10.5 Å². The van der Waals surface area contributed by atoms with Crippen molar-refractivity contribution in [2.45, 2.75) is 38.8 Å². The number of hydrogen-bond acceptors (Lipinski definition) is 4. The molecule has 1 atom stereocenters. The van der Waals surface area contributed by atoms with Gasteiger partial charge in [0.05, 0.1) is 19.3 Å². The molecule has 1 aliphatic carbocycles. The summed E-state index contributed by atoms with van der Waals surface area (Å²) in [5, 5.41) is 4.18. The fourth-order valence-corrected chi connectivity index (χ4v) is 2.05. The van der Waals surface area contributed by atoms with Crippen molar-refractivity contribution < 1.29 is 9.53 Å². The Kier molecular flexibility index (Phi) is 3.19. The van der Waals surface area contributed by atoms with E-state index < -0.39 is 5.54 Å². The van der Waals surface area contributed by atoms with Crippen molar-refractivity contribution in [3.63, 3.8) is 0 Å². The van der Waals surface area contributed by atoms with Crippen LogP contribution in [-0.2, 0) is 16.1 Å². The lowest BCUT2D eigenvalue weighted by Crippen LogP contribution is -2.54. The van der Waals surface area contributed by atoms with Gasteiger partial charge in [0.15, 0.2) is 0 Å². The maximum Gasteiger partial charge on any atom is 0.328 e. The van der Waals surface area contributed by atoms with Crippen LogP contribution in [0.2, 0.25) is 0 Å². The Balaban J connectivity index is 2.13. The van der Waals surface area contributed by atoms with Gasteiger partial charge >= 0.3 is 5.97 Å². The van der Waals surface area contributed by atoms with Crippen molar-refractivity contribution >= 4 is 5.97 Å². The van der Waals surface area contributed by atoms with E-state index in [1.165, 1.54) is 0 Å². The first-order valence-corrected chi connectivity index (χ1v) is 6.01. The molecule has 0 spiro atoms. The molecule has 94 valence electrons. The lowest BCUT2D eigenvalue weighted by atomic mass is 9.94. The largest absolute Gasteiger partial charge is 0.465 e. The smallest absolute Gasteiger partial charge is 0.328 e. The second kappa shape index (κ2) is 4.49. The van der Waals surface area contributed by atoms with Crippen molar-refractivity contribution in [3.05, 3.63) is 18.0 Å². The molecule has 1 aliphatic rings. The molecule has 5 nitrogen and oxygen atoms in total. The Morgan fingerprint density at radius 2 is 2.41 bits per heavy atom. The first kappa shape index (κ1) is 12.1. The average Bonchev–Trinajstić information content (AvgIpc) is 3.05. The minimum Gasteiger partial charge on any atom is -0.465 e. The van der Waals surface area contributed by atoms with Crippen molar-refractivity contribution in [2.24, 2.45) is 11.7 Å². The van der Waals surface area contributed by atoms with E-state index in [1.807, 2.05) is 13.1 Å². The lowest BCUT2D eigenvalue weighted by Gasteiger charge is -2.26. The summed E-state index contributed by atoms with van der Waals surface area (Å²) in [4.78, 5) is 12.0. The topological polar surface area (TPSA) is 70.1 Å². The molecule has 1 aromatic rings. The van der Waals surface area contributed by atoms with Crippen LogP contribution in [0.3, 0.4) is 0 Å². The Hall–Kier alpha value is -1.36. The Labute approximate surface area is 101 Å². The van der Waals surface area contributed by atoms with Crippen LogP contribution in [0.5, 0.6) is 0 Å². The van der Waals surface area contributed by atoms with Gasteiger partial charge in [-0.15, -0.1) is 0 Å². The van der Waals surface area contributed by atoms with Gasteiger partial charge in [-0.05, 0) is 38.2 Å². The summed E-state index contributed by atoms with van der Waals surface area (Å²) in [7, 11) is 0. The third kappa shape index (κ3) is 2.49. The fraction of sp³-hybridized carbons (Fsp3) is 0.667. The standard InChI is InChI=1S/C12H19N3O2/c1-3-17-11(16)12(13,10-4-5-10)8-15-7-9(2)6-14-15/h6-7,10H,3-5,8,13H2,1-2H3. The molecule has 17 heavy (non-hydrogen) atoms. The second-order valence-electron chi connectivity index (χ2n) is 4.75. The van der Waals surface area contributed by atoms with E-state index in [0.717, 1.165) is 18.4 Å². The number of carbonyl (C=O) groups is 1. The second-order valence-corrected chi connectivity index (χ2v) is 4.75. The predicted molar refractivity (Wildman–Crippen MR) is 63.2 cm³/mol. The molecule has 1 fully saturated rings. The van der Waals surface area contributed by atoms with Crippen LogP contribution in [0.25, 0.3) is 0 Å². The molecule has 0 bridgehead atoms. The molecule has 0 saturated heterocycles. The van der Waals surface area contributed by atoms with Crippen LogP contribution in [0.1, 0.15) is 25.3 Å². The molecule has 0 radical (unpaired) electrons. The van der Waals surface area contributed by atoms with E-state index in [0.29, 0.717) is 13.2 Å². The maximum atomic E-state index is 12.0. The molecule has 1 heterocycles. The van der Waals surface area contributed by atoms with Crippen LogP contribution in [-0.4, -0.2) is 27.9 Å². The van der Waals surface area contributed by atoms with Crippen LogP contribution in [0.4, 0.5) is 0 Å². The van der Waals surface area contributed by atoms with E-state index in [2.05, 4.69) is 5.10 Å². The fourth-order valence-electron chi connectivity index (χ4n) is 2.05. The third-order valence-corrected chi connectivity index (χ3v) is 3.15. The summed E-state index contributed by atoms with van der Waals surface area (Å²) < 4.78 is 6.81. The highest BCUT2D eigenvalue weighted by Crippen LogP contribution is 2.39.